The number of ether oxygens (including phenoxy) is 1. The van der Waals surface area contributed by atoms with E-state index in [1.165, 1.54) is 11.2 Å². The Balaban J connectivity index is 1.82. The first-order chi connectivity index (χ1) is 11.6. The summed E-state index contributed by atoms with van der Waals surface area (Å²) < 4.78 is 22.4. The van der Waals surface area contributed by atoms with Crippen molar-refractivity contribution in [3.05, 3.63) is 12.0 Å². The van der Waals surface area contributed by atoms with Gasteiger partial charge in [-0.25, -0.2) is 9.55 Å². The highest BCUT2D eigenvalue weighted by Crippen LogP contribution is 2.39. The number of phosphoric ester groups is 1. The summed E-state index contributed by atoms with van der Waals surface area (Å²) in [6.07, 6.45) is -1.72. The van der Waals surface area contributed by atoms with Gasteiger partial charge in [-0.2, -0.15) is 0 Å². The third kappa shape index (κ3) is 3.29. The van der Waals surface area contributed by atoms with Gasteiger partial charge < -0.3 is 29.4 Å². The van der Waals surface area contributed by atoms with Gasteiger partial charge in [-0.3, -0.25) is 19.6 Å². The Labute approximate surface area is 143 Å². The summed E-state index contributed by atoms with van der Waals surface area (Å²) in [7, 11) is -1.40. The molecule has 3 heterocycles. The Morgan fingerprint density at radius 3 is 2.76 bits per heavy atom. The third-order valence-corrected chi connectivity index (χ3v) is 4.83. The van der Waals surface area contributed by atoms with Crippen LogP contribution in [0.2, 0.25) is 0 Å². The zero-order valence-corrected chi connectivity index (χ0v) is 14.5. The van der Waals surface area contributed by atoms with E-state index in [4.69, 9.17) is 20.3 Å². The molecule has 0 aromatic carbocycles. The van der Waals surface area contributed by atoms with Crippen LogP contribution in [0.3, 0.4) is 0 Å². The number of carbonyl (C=O) groups is 1. The molecule has 0 aliphatic carbocycles. The molecule has 1 amide bonds. The van der Waals surface area contributed by atoms with E-state index in [9.17, 15) is 14.5 Å². The molecule has 140 valence electrons. The van der Waals surface area contributed by atoms with E-state index in [1.807, 2.05) is 0 Å². The molecule has 5 N–H and O–H groups in total. The molecule has 25 heavy (non-hydrogen) atoms. The summed E-state index contributed by atoms with van der Waals surface area (Å²) in [5, 5.41) is 10.1. The molecule has 1 aromatic rings. The van der Waals surface area contributed by atoms with Crippen LogP contribution in [0, 0.1) is 0 Å². The number of aliphatic hydroxyl groups excluding tert-OH is 1. The second kappa shape index (κ2) is 6.32. The molecule has 1 saturated heterocycles. The molecule has 2 aliphatic heterocycles. The summed E-state index contributed by atoms with van der Waals surface area (Å²) in [5.41, 5.74) is 6.21. The van der Waals surface area contributed by atoms with Crippen LogP contribution in [-0.2, 0) is 13.8 Å². The van der Waals surface area contributed by atoms with E-state index in [-0.39, 0.29) is 18.0 Å². The Hall–Kier alpha value is -1.53. The molecule has 1 fully saturated rings. The average Bonchev–Trinajstić information content (AvgIpc) is 3.12. The number of fused-ring (bicyclic) bond motifs is 1. The maximum Gasteiger partial charge on any atom is 0.469 e. The lowest BCUT2D eigenvalue weighted by atomic mass is 10.2. The molecule has 13 heteroatoms. The number of nitrogens with zero attached hydrogens (tertiary/aromatic N) is 4. The first kappa shape index (κ1) is 18.3. The number of anilines is 1. The van der Waals surface area contributed by atoms with Crippen molar-refractivity contribution in [1.29, 1.82) is 0 Å². The van der Waals surface area contributed by atoms with Gasteiger partial charge in [0.2, 0.25) is 0 Å². The molecule has 3 rings (SSSR count). The Bertz CT molecular complexity index is 721. The van der Waals surface area contributed by atoms with Crippen LogP contribution in [0.25, 0.3) is 0 Å². The van der Waals surface area contributed by atoms with E-state index in [1.54, 1.807) is 23.6 Å². The maximum atomic E-state index is 12.3. The SMILES string of the molecule is CN1C(=O)c2ncn([C@H]3C[C@H](O)[C@@H](COP(=O)(O)O)O3)c2N(C)C1N. The van der Waals surface area contributed by atoms with Crippen LogP contribution in [-0.4, -0.2) is 74.5 Å². The fourth-order valence-electron chi connectivity index (χ4n) is 2.94. The van der Waals surface area contributed by atoms with Crippen molar-refractivity contribution in [2.45, 2.75) is 31.1 Å². The molecule has 0 saturated carbocycles. The van der Waals surface area contributed by atoms with Crippen LogP contribution < -0.4 is 10.6 Å². The lowest BCUT2D eigenvalue weighted by molar-refractivity contribution is -0.0433. The van der Waals surface area contributed by atoms with E-state index in [2.05, 4.69) is 9.51 Å². The van der Waals surface area contributed by atoms with E-state index >= 15 is 0 Å². The molecule has 0 bridgehead atoms. The molecule has 0 radical (unpaired) electrons. The average molecular weight is 377 g/mol. The second-order valence-corrected chi connectivity index (χ2v) is 7.22. The lowest BCUT2D eigenvalue weighted by Gasteiger charge is -2.38. The zero-order chi connectivity index (χ0) is 18.5. The van der Waals surface area contributed by atoms with Gasteiger partial charge in [0.15, 0.2) is 12.0 Å². The van der Waals surface area contributed by atoms with E-state index in [0.717, 1.165) is 0 Å². The molecular formula is C12H20N5O7P. The van der Waals surface area contributed by atoms with Crippen molar-refractivity contribution in [3.8, 4) is 0 Å². The van der Waals surface area contributed by atoms with Gasteiger partial charge in [-0.05, 0) is 0 Å². The fourth-order valence-corrected chi connectivity index (χ4v) is 3.29. The highest BCUT2D eigenvalue weighted by atomic mass is 31.2. The molecular weight excluding hydrogens is 357 g/mol. The normalized spacial score (nSPS) is 30.1. The minimum Gasteiger partial charge on any atom is -0.390 e. The third-order valence-electron chi connectivity index (χ3n) is 4.34. The number of carbonyl (C=O) groups excluding carboxylic acids is 1. The smallest absolute Gasteiger partial charge is 0.390 e. The summed E-state index contributed by atoms with van der Waals surface area (Å²) in [6, 6.07) is 0. The number of amides is 1. The topological polar surface area (TPSA) is 164 Å². The fraction of sp³-hybridized carbons (Fsp3) is 0.667. The number of hydrogen-bond acceptors (Lipinski definition) is 8. The monoisotopic (exact) mass is 377 g/mol. The number of rotatable bonds is 4. The number of aromatic nitrogens is 2. The Kier molecular flexibility index (Phi) is 4.62. The van der Waals surface area contributed by atoms with Crippen molar-refractivity contribution in [2.24, 2.45) is 5.73 Å². The maximum absolute atomic E-state index is 12.3. The van der Waals surface area contributed by atoms with Gasteiger partial charge in [0.05, 0.1) is 19.0 Å². The van der Waals surface area contributed by atoms with Crippen LogP contribution in [0.5, 0.6) is 0 Å². The minimum atomic E-state index is -4.66. The predicted octanol–water partition coefficient (Wildman–Crippen LogP) is -1.60. The summed E-state index contributed by atoms with van der Waals surface area (Å²) >= 11 is 0. The standard InChI is InChI=1S/C12H20N5O7P/c1-15-10-9(11(19)16(2)12(15)13)14-5-17(10)8-3-6(18)7(24-8)4-23-25(20,21)22/h5-8,12,18H,3-4,13H2,1-2H3,(H2,20,21,22)/t6-,7+,8+,12?/m0/s1. The number of imidazole rings is 1. The molecule has 0 spiro atoms. The van der Waals surface area contributed by atoms with E-state index < -0.39 is 39.2 Å². The van der Waals surface area contributed by atoms with E-state index in [0.29, 0.717) is 5.82 Å². The molecule has 12 nitrogen and oxygen atoms in total. The number of phosphoric acid groups is 1. The Morgan fingerprint density at radius 1 is 1.44 bits per heavy atom. The number of aliphatic hydroxyl groups is 1. The minimum absolute atomic E-state index is 0.144. The molecule has 2 aliphatic rings. The van der Waals surface area contributed by atoms with Crippen molar-refractivity contribution in [2.75, 3.05) is 25.6 Å². The lowest BCUT2D eigenvalue weighted by Crippen LogP contribution is -2.57. The quantitative estimate of drug-likeness (QED) is 0.450. The van der Waals surface area contributed by atoms with Crippen LogP contribution in [0.15, 0.2) is 6.33 Å². The highest BCUT2D eigenvalue weighted by molar-refractivity contribution is 7.46. The first-order valence-corrected chi connectivity index (χ1v) is 8.99. The molecule has 4 atom stereocenters. The van der Waals surface area contributed by atoms with Crippen LogP contribution in [0.1, 0.15) is 23.1 Å². The summed E-state index contributed by atoms with van der Waals surface area (Å²) in [4.78, 5) is 36.9. The predicted molar refractivity (Wildman–Crippen MR) is 83.2 cm³/mol. The van der Waals surface area contributed by atoms with Gasteiger partial charge in [0.25, 0.3) is 5.91 Å². The van der Waals surface area contributed by atoms with Gasteiger partial charge in [0.1, 0.15) is 18.1 Å². The van der Waals surface area contributed by atoms with Gasteiger partial charge in [-0.15, -0.1) is 0 Å². The van der Waals surface area contributed by atoms with Crippen molar-refractivity contribution >= 4 is 19.5 Å². The largest absolute Gasteiger partial charge is 0.469 e. The van der Waals surface area contributed by atoms with Gasteiger partial charge in [-0.1, -0.05) is 0 Å². The van der Waals surface area contributed by atoms with Crippen molar-refractivity contribution in [3.63, 3.8) is 0 Å². The van der Waals surface area contributed by atoms with Gasteiger partial charge in [0, 0.05) is 20.5 Å². The second-order valence-electron chi connectivity index (χ2n) is 5.98. The van der Waals surface area contributed by atoms with Crippen molar-refractivity contribution < 1.29 is 33.5 Å². The van der Waals surface area contributed by atoms with Crippen LogP contribution >= 0.6 is 7.82 Å². The molecule has 1 aromatic heterocycles. The highest BCUT2D eigenvalue weighted by Gasteiger charge is 2.41. The van der Waals surface area contributed by atoms with Gasteiger partial charge >= 0.3 is 7.82 Å². The summed E-state index contributed by atoms with van der Waals surface area (Å²) in [6.45, 7) is -0.462. The zero-order valence-electron chi connectivity index (χ0n) is 13.6. The molecule has 1 unspecified atom stereocenters. The Morgan fingerprint density at radius 2 is 2.12 bits per heavy atom. The van der Waals surface area contributed by atoms with Crippen molar-refractivity contribution in [1.82, 2.24) is 14.5 Å². The summed E-state index contributed by atoms with van der Waals surface area (Å²) in [5.74, 6) is 0.114. The first-order valence-electron chi connectivity index (χ1n) is 7.46. The number of hydrogen-bond donors (Lipinski definition) is 4. The number of nitrogens with two attached hydrogens (primary N) is 1. The van der Waals surface area contributed by atoms with Crippen LogP contribution in [0.4, 0.5) is 5.82 Å².